The van der Waals surface area contributed by atoms with Crippen molar-refractivity contribution in [3.63, 3.8) is 0 Å². The van der Waals surface area contributed by atoms with Crippen molar-refractivity contribution in [1.29, 1.82) is 0 Å². The van der Waals surface area contributed by atoms with Gasteiger partial charge in [0.05, 0.1) is 12.4 Å². The molecule has 0 aliphatic heterocycles. The number of nitrogens with zero attached hydrogens (tertiary/aromatic N) is 5. The zero-order chi connectivity index (χ0) is 15.7. The van der Waals surface area contributed by atoms with Gasteiger partial charge in [0.15, 0.2) is 0 Å². The van der Waals surface area contributed by atoms with Crippen LogP contribution in [0.1, 0.15) is 11.3 Å². The first-order valence-corrected chi connectivity index (χ1v) is 8.46. The molecule has 0 aliphatic rings. The van der Waals surface area contributed by atoms with Crippen molar-refractivity contribution in [3.05, 3.63) is 51.2 Å². The van der Waals surface area contributed by atoms with E-state index in [2.05, 4.69) is 15.1 Å². The third-order valence-corrected chi connectivity index (χ3v) is 4.14. The lowest BCUT2D eigenvalue weighted by atomic mass is 10.2. The predicted octanol–water partition coefficient (Wildman–Crippen LogP) is 2.45. The maximum absolute atomic E-state index is 12.1. The average Bonchev–Trinajstić information content (AvgIpc) is 2.97. The first kappa shape index (κ1) is 15.3. The summed E-state index contributed by atoms with van der Waals surface area (Å²) in [4.78, 5) is 20.5. The van der Waals surface area contributed by atoms with Gasteiger partial charge in [0.2, 0.25) is 10.9 Å². The summed E-state index contributed by atoms with van der Waals surface area (Å²) in [6.07, 6.45) is 3.54. The van der Waals surface area contributed by atoms with Gasteiger partial charge in [-0.15, -0.1) is 16.7 Å². The van der Waals surface area contributed by atoms with Crippen LogP contribution in [0.5, 0.6) is 0 Å². The largest absolute Gasteiger partial charge is 0.308 e. The van der Waals surface area contributed by atoms with E-state index in [0.717, 1.165) is 5.56 Å². The van der Waals surface area contributed by atoms with Crippen LogP contribution in [-0.2, 0) is 12.4 Å². The van der Waals surface area contributed by atoms with Gasteiger partial charge in [0.25, 0.3) is 5.56 Å². The molecule has 0 N–H and O–H groups in total. The molecule has 3 heterocycles. The molecule has 6 nitrogen and oxygen atoms in total. The van der Waals surface area contributed by atoms with Gasteiger partial charge in [-0.25, -0.2) is 4.98 Å². The highest BCUT2D eigenvalue weighted by molar-refractivity contribution is 7.98. The topological polar surface area (TPSA) is 65.1 Å². The summed E-state index contributed by atoms with van der Waals surface area (Å²) in [5.41, 5.74) is 1.35. The molecule has 0 bridgehead atoms. The van der Waals surface area contributed by atoms with E-state index in [1.165, 1.54) is 22.3 Å². The number of aromatic nitrogens is 5. The van der Waals surface area contributed by atoms with Gasteiger partial charge in [-0.2, -0.15) is 9.50 Å². The van der Waals surface area contributed by atoms with Crippen LogP contribution in [0.25, 0.3) is 5.78 Å². The van der Waals surface area contributed by atoms with Gasteiger partial charge >= 0.3 is 0 Å². The Hall–Kier alpha value is -1.57. The molecular weight excluding hydrogens is 345 g/mol. The average molecular weight is 356 g/mol. The van der Waals surface area contributed by atoms with Crippen LogP contribution in [0.3, 0.4) is 0 Å². The highest BCUT2D eigenvalue weighted by Crippen LogP contribution is 2.15. The Bertz CT molecular complexity index is 875. The molecule has 114 valence electrons. The molecule has 9 heteroatoms. The van der Waals surface area contributed by atoms with E-state index in [1.54, 1.807) is 12.3 Å². The van der Waals surface area contributed by atoms with E-state index < -0.39 is 0 Å². The van der Waals surface area contributed by atoms with Crippen molar-refractivity contribution < 1.29 is 0 Å². The SMILES string of the molecule is CSc1nc2n(Cc3ccc(Cl)nc3)c(CCl)cc(=O)n2n1. The molecule has 3 aromatic heterocycles. The van der Waals surface area contributed by atoms with E-state index >= 15 is 0 Å². The summed E-state index contributed by atoms with van der Waals surface area (Å²) >= 11 is 13.2. The van der Waals surface area contributed by atoms with E-state index in [9.17, 15) is 4.79 Å². The Kier molecular flexibility index (Phi) is 4.37. The lowest BCUT2D eigenvalue weighted by Gasteiger charge is -2.12. The Morgan fingerprint density at radius 3 is 2.82 bits per heavy atom. The molecule has 0 saturated carbocycles. The zero-order valence-corrected chi connectivity index (χ0v) is 13.9. The molecule has 0 radical (unpaired) electrons. The molecule has 0 unspecified atom stereocenters. The summed E-state index contributed by atoms with van der Waals surface area (Å²) in [6, 6.07) is 5.06. The van der Waals surface area contributed by atoms with Crippen molar-refractivity contribution in [3.8, 4) is 0 Å². The fourth-order valence-corrected chi connectivity index (χ4v) is 2.74. The Morgan fingerprint density at radius 2 is 2.18 bits per heavy atom. The number of rotatable bonds is 4. The van der Waals surface area contributed by atoms with Crippen molar-refractivity contribution in [2.45, 2.75) is 17.6 Å². The summed E-state index contributed by atoms with van der Waals surface area (Å²) in [5, 5.41) is 5.14. The fraction of sp³-hybridized carbons (Fsp3) is 0.231. The van der Waals surface area contributed by atoms with Gasteiger partial charge < -0.3 is 4.57 Å². The second kappa shape index (κ2) is 6.28. The van der Waals surface area contributed by atoms with Crippen LogP contribution < -0.4 is 5.56 Å². The third-order valence-electron chi connectivity index (χ3n) is 3.11. The van der Waals surface area contributed by atoms with Crippen LogP contribution in [0.2, 0.25) is 5.15 Å². The minimum atomic E-state index is -0.246. The maximum Gasteiger partial charge on any atom is 0.275 e. The molecule has 0 atom stereocenters. The standard InChI is InChI=1S/C13H11Cl2N5OS/c1-22-12-17-13-19(7-8-2-3-10(15)16-6-8)9(5-14)4-11(21)20(13)18-12/h2-4,6H,5,7H2,1H3. The van der Waals surface area contributed by atoms with Crippen molar-refractivity contribution in [2.75, 3.05) is 6.26 Å². The number of pyridine rings is 1. The van der Waals surface area contributed by atoms with Crippen molar-refractivity contribution >= 4 is 40.7 Å². The first-order valence-electron chi connectivity index (χ1n) is 6.32. The van der Waals surface area contributed by atoms with Gasteiger partial charge in [-0.1, -0.05) is 29.4 Å². The third kappa shape index (κ3) is 2.84. The van der Waals surface area contributed by atoms with E-state index in [1.807, 2.05) is 16.9 Å². The maximum atomic E-state index is 12.1. The quantitative estimate of drug-likeness (QED) is 0.408. The normalized spacial score (nSPS) is 11.2. The first-order chi connectivity index (χ1) is 10.6. The number of hydrogen-bond acceptors (Lipinski definition) is 5. The molecule has 0 fully saturated rings. The number of hydrogen-bond donors (Lipinski definition) is 0. The second-order valence-corrected chi connectivity index (χ2v) is 5.92. The summed E-state index contributed by atoms with van der Waals surface area (Å²) in [5.74, 6) is 0.663. The van der Waals surface area contributed by atoms with Crippen molar-refractivity contribution in [2.24, 2.45) is 0 Å². The molecule has 0 amide bonds. The van der Waals surface area contributed by atoms with Crippen molar-refractivity contribution in [1.82, 2.24) is 24.1 Å². The molecule has 0 spiro atoms. The predicted molar refractivity (Wildman–Crippen MR) is 86.9 cm³/mol. The smallest absolute Gasteiger partial charge is 0.275 e. The molecule has 0 aromatic carbocycles. The van der Waals surface area contributed by atoms with Crippen LogP contribution in [-0.4, -0.2) is 30.4 Å². The Labute approximate surface area is 140 Å². The monoisotopic (exact) mass is 355 g/mol. The highest BCUT2D eigenvalue weighted by Gasteiger charge is 2.13. The highest BCUT2D eigenvalue weighted by atomic mass is 35.5. The molecular formula is C13H11Cl2N5OS. The summed E-state index contributed by atoms with van der Waals surface area (Å²) in [7, 11) is 0. The van der Waals surface area contributed by atoms with Crippen LogP contribution in [0.4, 0.5) is 0 Å². The minimum Gasteiger partial charge on any atom is -0.308 e. The van der Waals surface area contributed by atoms with Gasteiger partial charge in [0, 0.05) is 18.0 Å². The molecule has 3 rings (SSSR count). The van der Waals surface area contributed by atoms with Crippen LogP contribution in [0.15, 0.2) is 34.3 Å². The summed E-state index contributed by atoms with van der Waals surface area (Å²) in [6.45, 7) is 0.475. The molecule has 0 aliphatic carbocycles. The Balaban J connectivity index is 2.17. The number of alkyl halides is 1. The Morgan fingerprint density at radius 1 is 1.36 bits per heavy atom. The van der Waals surface area contributed by atoms with Gasteiger partial charge in [-0.05, 0) is 17.9 Å². The van der Waals surface area contributed by atoms with E-state index in [4.69, 9.17) is 23.2 Å². The second-order valence-electron chi connectivity index (χ2n) is 4.49. The molecule has 22 heavy (non-hydrogen) atoms. The fourth-order valence-electron chi connectivity index (χ4n) is 2.07. The lowest BCUT2D eigenvalue weighted by Crippen LogP contribution is -2.21. The van der Waals surface area contributed by atoms with E-state index in [-0.39, 0.29) is 11.4 Å². The van der Waals surface area contributed by atoms with Crippen LogP contribution in [0, 0.1) is 0 Å². The number of thioether (sulfide) groups is 1. The van der Waals surface area contributed by atoms with E-state index in [0.29, 0.717) is 28.3 Å². The summed E-state index contributed by atoms with van der Waals surface area (Å²) < 4.78 is 3.14. The lowest BCUT2D eigenvalue weighted by molar-refractivity contribution is 0.723. The van der Waals surface area contributed by atoms with Crippen LogP contribution >= 0.6 is 35.0 Å². The van der Waals surface area contributed by atoms with Gasteiger partial charge in [-0.3, -0.25) is 4.79 Å². The minimum absolute atomic E-state index is 0.203. The van der Waals surface area contributed by atoms with Gasteiger partial charge in [0.1, 0.15) is 5.15 Å². The number of fused-ring (bicyclic) bond motifs is 1. The zero-order valence-electron chi connectivity index (χ0n) is 11.5. The molecule has 3 aromatic rings. The number of halogens is 2. The molecule has 0 saturated heterocycles.